The van der Waals surface area contributed by atoms with E-state index < -0.39 is 0 Å². The quantitative estimate of drug-likeness (QED) is 0.288. The Kier molecular flexibility index (Phi) is 6.55. The summed E-state index contributed by atoms with van der Waals surface area (Å²) in [6.45, 7) is 6.22. The zero-order chi connectivity index (χ0) is 19.2. The summed E-state index contributed by atoms with van der Waals surface area (Å²) in [6.07, 6.45) is 4.86. The van der Waals surface area contributed by atoms with Crippen molar-refractivity contribution >= 4 is 22.7 Å². The van der Waals surface area contributed by atoms with E-state index >= 15 is 0 Å². The van der Waals surface area contributed by atoms with E-state index in [1.807, 2.05) is 19.9 Å². The third-order valence-corrected chi connectivity index (χ3v) is 5.15. The van der Waals surface area contributed by atoms with Gasteiger partial charge in [-0.1, -0.05) is 37.9 Å². The molecular weight excluding hydrogens is 364 g/mol. The maximum atomic E-state index is 11.6. The molecule has 0 unspecified atom stereocenters. The molecule has 3 aromatic rings. The highest BCUT2D eigenvalue weighted by molar-refractivity contribution is 7.99. The van der Waals surface area contributed by atoms with Gasteiger partial charge in [0.05, 0.1) is 0 Å². The normalized spacial score (nSPS) is 11.2. The molecule has 1 aromatic carbocycles. The number of thioether (sulfide) groups is 1. The van der Waals surface area contributed by atoms with Crippen molar-refractivity contribution in [3.8, 4) is 5.75 Å². The number of rotatable bonds is 9. The van der Waals surface area contributed by atoms with Crippen LogP contribution in [0.5, 0.6) is 5.75 Å². The molecular formula is C20H24N2O4S. The van der Waals surface area contributed by atoms with Crippen LogP contribution in [-0.2, 0) is 6.61 Å². The molecule has 0 spiro atoms. The van der Waals surface area contributed by atoms with E-state index in [0.29, 0.717) is 22.4 Å². The number of ether oxygens (including phenoxy) is 1. The summed E-state index contributed by atoms with van der Waals surface area (Å²) >= 11 is 1.58. The highest BCUT2D eigenvalue weighted by Crippen LogP contribution is 2.27. The van der Waals surface area contributed by atoms with Crippen molar-refractivity contribution < 1.29 is 13.6 Å². The molecule has 6 nitrogen and oxygen atoms in total. The predicted molar refractivity (Wildman–Crippen MR) is 105 cm³/mol. The van der Waals surface area contributed by atoms with Gasteiger partial charge in [0, 0.05) is 23.3 Å². The average molecular weight is 388 g/mol. The van der Waals surface area contributed by atoms with E-state index in [1.165, 1.54) is 25.3 Å². The summed E-state index contributed by atoms with van der Waals surface area (Å²) in [5.74, 6) is 2.00. The number of aromatic nitrogens is 2. The molecule has 2 heterocycles. The number of hydrogen-bond donors (Lipinski definition) is 0. The van der Waals surface area contributed by atoms with Gasteiger partial charge in [0.15, 0.2) is 6.61 Å². The predicted octanol–water partition coefficient (Wildman–Crippen LogP) is 5.04. The van der Waals surface area contributed by atoms with Crippen molar-refractivity contribution in [2.75, 3.05) is 5.75 Å². The minimum Gasteiger partial charge on any atom is -0.484 e. The zero-order valence-corrected chi connectivity index (χ0v) is 16.7. The molecule has 0 aliphatic heterocycles. The van der Waals surface area contributed by atoms with Crippen LogP contribution in [-0.4, -0.2) is 16.0 Å². The molecule has 0 saturated heterocycles. The van der Waals surface area contributed by atoms with Gasteiger partial charge < -0.3 is 13.6 Å². The van der Waals surface area contributed by atoms with Gasteiger partial charge in [-0.25, -0.2) is 4.79 Å². The lowest BCUT2D eigenvalue weighted by molar-refractivity contribution is 0.252. The highest BCUT2D eigenvalue weighted by atomic mass is 32.2. The first kappa shape index (κ1) is 19.5. The second-order valence-electron chi connectivity index (χ2n) is 6.52. The molecule has 27 heavy (non-hydrogen) atoms. The van der Waals surface area contributed by atoms with Gasteiger partial charge in [0.2, 0.25) is 0 Å². The molecule has 2 aromatic heterocycles. The Balaban J connectivity index is 1.61. The lowest BCUT2D eigenvalue weighted by Gasteiger charge is -2.08. The molecule has 144 valence electrons. The van der Waals surface area contributed by atoms with Crippen LogP contribution in [0.2, 0.25) is 0 Å². The minimum absolute atomic E-state index is 0.171. The van der Waals surface area contributed by atoms with Crippen molar-refractivity contribution in [1.82, 2.24) is 10.2 Å². The molecule has 0 bridgehead atoms. The number of fused-ring (bicyclic) bond motifs is 1. The van der Waals surface area contributed by atoms with Crippen LogP contribution in [0.1, 0.15) is 49.6 Å². The third kappa shape index (κ3) is 5.13. The molecule has 0 amide bonds. The van der Waals surface area contributed by atoms with Crippen LogP contribution in [0.25, 0.3) is 11.0 Å². The summed E-state index contributed by atoms with van der Waals surface area (Å²) in [7, 11) is 0. The number of aryl methyl sites for hydroxylation is 2. The second-order valence-corrected chi connectivity index (χ2v) is 7.57. The molecule has 0 radical (unpaired) electrons. The largest absolute Gasteiger partial charge is 0.484 e. The van der Waals surface area contributed by atoms with Crippen LogP contribution in [0.3, 0.4) is 0 Å². The lowest BCUT2D eigenvalue weighted by Crippen LogP contribution is -2.00. The number of unbranched alkanes of at least 4 members (excludes halogenated alkanes) is 3. The topological polar surface area (TPSA) is 78.4 Å². The Morgan fingerprint density at radius 2 is 1.85 bits per heavy atom. The van der Waals surface area contributed by atoms with Gasteiger partial charge in [0.25, 0.3) is 11.1 Å². The fourth-order valence-corrected chi connectivity index (χ4v) is 3.74. The van der Waals surface area contributed by atoms with Gasteiger partial charge in [0.1, 0.15) is 11.3 Å². The van der Waals surface area contributed by atoms with Crippen molar-refractivity contribution in [2.24, 2.45) is 0 Å². The number of hydrogen-bond acceptors (Lipinski definition) is 7. The second kappa shape index (κ2) is 9.08. The first-order chi connectivity index (χ1) is 13.1. The van der Waals surface area contributed by atoms with Crippen LogP contribution in [0.15, 0.2) is 37.1 Å². The number of benzene rings is 1. The first-order valence-electron chi connectivity index (χ1n) is 9.20. The van der Waals surface area contributed by atoms with E-state index in [9.17, 15) is 4.79 Å². The lowest BCUT2D eigenvalue weighted by atomic mass is 10.1. The minimum atomic E-state index is -0.367. The van der Waals surface area contributed by atoms with E-state index in [-0.39, 0.29) is 12.2 Å². The van der Waals surface area contributed by atoms with Crippen molar-refractivity contribution in [2.45, 2.75) is 58.3 Å². The van der Waals surface area contributed by atoms with E-state index in [1.54, 1.807) is 17.8 Å². The highest BCUT2D eigenvalue weighted by Gasteiger charge is 2.11. The fourth-order valence-electron chi connectivity index (χ4n) is 2.97. The third-order valence-electron chi connectivity index (χ3n) is 4.25. The molecule has 0 aliphatic rings. The Bertz CT molecular complexity index is 964. The Hall–Kier alpha value is -2.28. The molecule has 0 N–H and O–H groups in total. The zero-order valence-electron chi connectivity index (χ0n) is 15.9. The van der Waals surface area contributed by atoms with E-state index in [4.69, 9.17) is 13.6 Å². The maximum Gasteiger partial charge on any atom is 0.336 e. The average Bonchev–Trinajstić information content (AvgIpc) is 3.06. The van der Waals surface area contributed by atoms with Gasteiger partial charge in [-0.2, -0.15) is 0 Å². The summed E-state index contributed by atoms with van der Waals surface area (Å²) in [4.78, 5) is 11.6. The smallest absolute Gasteiger partial charge is 0.336 e. The Labute approximate surface area is 162 Å². The van der Waals surface area contributed by atoms with Crippen LogP contribution in [0, 0.1) is 13.8 Å². The Morgan fingerprint density at radius 3 is 2.67 bits per heavy atom. The van der Waals surface area contributed by atoms with Crippen molar-refractivity contribution in [3.63, 3.8) is 0 Å². The summed E-state index contributed by atoms with van der Waals surface area (Å²) in [6, 6.07) is 5.13. The van der Waals surface area contributed by atoms with Crippen LogP contribution < -0.4 is 10.4 Å². The summed E-state index contributed by atoms with van der Waals surface area (Å²) < 4.78 is 16.7. The monoisotopic (exact) mass is 388 g/mol. The molecule has 0 saturated carbocycles. The standard InChI is InChI=1S/C20H24N2O4S/c1-4-5-6-7-8-27-20-22-21-17(26-20)12-24-15-9-13(2)19-14(3)10-18(23)25-16(19)11-15/h9-11H,4-8,12H2,1-3H3. The molecule has 0 fully saturated rings. The van der Waals surface area contributed by atoms with Gasteiger partial charge >= 0.3 is 5.63 Å². The van der Waals surface area contributed by atoms with E-state index in [0.717, 1.165) is 28.7 Å². The first-order valence-corrected chi connectivity index (χ1v) is 10.2. The Morgan fingerprint density at radius 1 is 1.04 bits per heavy atom. The number of nitrogens with zero attached hydrogens (tertiary/aromatic N) is 2. The summed E-state index contributed by atoms with van der Waals surface area (Å²) in [5.41, 5.74) is 2.03. The maximum absolute atomic E-state index is 11.6. The molecule has 0 atom stereocenters. The SMILES string of the molecule is CCCCCCSc1nnc(COc2cc(C)c3c(C)cc(=O)oc3c2)o1. The van der Waals surface area contributed by atoms with Gasteiger partial charge in [-0.05, 0) is 37.5 Å². The molecule has 0 aliphatic carbocycles. The van der Waals surface area contributed by atoms with Gasteiger partial charge in [-0.15, -0.1) is 10.2 Å². The van der Waals surface area contributed by atoms with Crippen molar-refractivity contribution in [3.05, 3.63) is 45.6 Å². The van der Waals surface area contributed by atoms with Crippen LogP contribution in [0.4, 0.5) is 0 Å². The van der Waals surface area contributed by atoms with Crippen molar-refractivity contribution in [1.29, 1.82) is 0 Å². The van der Waals surface area contributed by atoms with E-state index in [2.05, 4.69) is 17.1 Å². The fraction of sp³-hybridized carbons (Fsp3) is 0.450. The molecule has 7 heteroatoms. The van der Waals surface area contributed by atoms with Gasteiger partial charge in [-0.3, -0.25) is 0 Å². The molecule has 3 rings (SSSR count). The summed E-state index contributed by atoms with van der Waals surface area (Å²) in [5, 5.41) is 9.57. The van der Waals surface area contributed by atoms with Crippen LogP contribution >= 0.6 is 11.8 Å².